The van der Waals surface area contributed by atoms with E-state index in [9.17, 15) is 9.90 Å². The van der Waals surface area contributed by atoms with Crippen molar-refractivity contribution in [2.75, 3.05) is 25.1 Å². The van der Waals surface area contributed by atoms with E-state index in [-0.39, 0.29) is 24.2 Å². The number of hydrogen-bond acceptors (Lipinski definition) is 6. The lowest BCUT2D eigenvalue weighted by atomic mass is 10.0. The fraction of sp³-hybridized carbons (Fsp3) is 0.318. The molecule has 4 rings (SSSR count). The Morgan fingerprint density at radius 3 is 2.80 bits per heavy atom. The number of aryl methyl sites for hydroxylation is 1. The highest BCUT2D eigenvalue weighted by Crippen LogP contribution is 2.32. The number of benzene rings is 2. The summed E-state index contributed by atoms with van der Waals surface area (Å²) in [5.41, 5.74) is 2.53. The number of hydrogen-bond donors (Lipinski definition) is 2. The number of carbonyl (C=O) groups is 1. The molecule has 0 aliphatic carbocycles. The van der Waals surface area contributed by atoms with Gasteiger partial charge in [0.15, 0.2) is 5.82 Å². The Balaban J connectivity index is 0.00000256. The second-order valence-electron chi connectivity index (χ2n) is 7.33. The molecule has 2 aromatic carbocycles. The summed E-state index contributed by atoms with van der Waals surface area (Å²) in [7, 11) is 1.37. The molecule has 0 unspecified atom stereocenters. The maximum Gasteiger partial charge on any atom is 0.407 e. The Bertz CT molecular complexity index is 1060. The standard InChI is InChI=1S/C22H24N4O3.ClH/c1-14-9-10-16-18(12-14)24-20(17-7-3-4-8-19(17)27)25-21(16)26-11-5-6-15(13-26)23-22(28)29-2;/h3-4,7-10,12,15,27H,5-6,11,13H2,1-2H3,(H,23,28);1H/t15-;/m1./s1. The predicted octanol–water partition coefficient (Wildman–Crippen LogP) is 4.06. The number of nitrogens with zero attached hydrogens (tertiary/aromatic N) is 3. The molecule has 2 heterocycles. The van der Waals surface area contributed by atoms with Crippen LogP contribution in [0.25, 0.3) is 22.3 Å². The third kappa shape index (κ3) is 4.41. The summed E-state index contributed by atoms with van der Waals surface area (Å²) in [6.07, 6.45) is 1.40. The first-order valence-corrected chi connectivity index (χ1v) is 9.71. The molecule has 0 bridgehead atoms. The number of ether oxygens (including phenoxy) is 1. The lowest BCUT2D eigenvalue weighted by molar-refractivity contribution is 0.165. The van der Waals surface area contributed by atoms with Gasteiger partial charge in [0.1, 0.15) is 11.6 Å². The molecule has 3 aromatic rings. The van der Waals surface area contributed by atoms with Gasteiger partial charge in [-0.05, 0) is 49.6 Å². The molecule has 1 fully saturated rings. The monoisotopic (exact) mass is 428 g/mol. The van der Waals surface area contributed by atoms with Crippen LogP contribution in [0.5, 0.6) is 5.75 Å². The van der Waals surface area contributed by atoms with Crippen molar-refractivity contribution in [2.24, 2.45) is 0 Å². The minimum Gasteiger partial charge on any atom is -0.507 e. The van der Waals surface area contributed by atoms with Gasteiger partial charge in [0.05, 0.1) is 18.2 Å². The van der Waals surface area contributed by atoms with Gasteiger partial charge in [0.2, 0.25) is 0 Å². The number of piperidine rings is 1. The molecule has 0 saturated carbocycles. The number of aromatic hydroxyl groups is 1. The van der Waals surface area contributed by atoms with Crippen molar-refractivity contribution in [2.45, 2.75) is 25.8 Å². The number of fused-ring (bicyclic) bond motifs is 1. The summed E-state index contributed by atoms with van der Waals surface area (Å²) in [4.78, 5) is 23.4. The number of para-hydroxylation sites is 1. The zero-order chi connectivity index (χ0) is 20.4. The summed E-state index contributed by atoms with van der Waals surface area (Å²) in [6, 6.07) is 13.2. The van der Waals surface area contributed by atoms with Crippen LogP contribution in [-0.2, 0) is 4.74 Å². The zero-order valence-electron chi connectivity index (χ0n) is 17.0. The fourth-order valence-corrected chi connectivity index (χ4v) is 3.76. The third-order valence-corrected chi connectivity index (χ3v) is 5.21. The highest BCUT2D eigenvalue weighted by atomic mass is 35.5. The second-order valence-corrected chi connectivity index (χ2v) is 7.33. The lowest BCUT2D eigenvalue weighted by Gasteiger charge is -2.34. The van der Waals surface area contributed by atoms with Gasteiger partial charge in [-0.1, -0.05) is 18.2 Å². The first-order chi connectivity index (χ1) is 14.0. The maximum atomic E-state index is 11.6. The number of rotatable bonds is 3. The number of halogens is 1. The van der Waals surface area contributed by atoms with Gasteiger partial charge >= 0.3 is 6.09 Å². The topological polar surface area (TPSA) is 87.6 Å². The molecule has 1 atom stereocenters. The van der Waals surface area contributed by atoms with Crippen LogP contribution in [0.4, 0.5) is 10.6 Å². The minimum atomic E-state index is -0.421. The Labute approximate surface area is 181 Å². The largest absolute Gasteiger partial charge is 0.507 e. The number of aromatic nitrogens is 2. The van der Waals surface area contributed by atoms with Crippen molar-refractivity contribution >= 4 is 35.2 Å². The van der Waals surface area contributed by atoms with Gasteiger partial charge in [-0.15, -0.1) is 12.4 Å². The highest BCUT2D eigenvalue weighted by Gasteiger charge is 2.25. The molecule has 8 heteroatoms. The number of carbonyl (C=O) groups excluding carboxylic acids is 1. The summed E-state index contributed by atoms with van der Waals surface area (Å²) < 4.78 is 4.75. The Hall–Kier alpha value is -3.06. The van der Waals surface area contributed by atoms with E-state index in [0.29, 0.717) is 17.9 Å². The number of methoxy groups -OCH3 is 1. The molecule has 1 saturated heterocycles. The lowest BCUT2D eigenvalue weighted by Crippen LogP contribution is -2.48. The maximum absolute atomic E-state index is 11.6. The van der Waals surface area contributed by atoms with E-state index >= 15 is 0 Å². The van der Waals surface area contributed by atoms with Crippen molar-refractivity contribution in [1.82, 2.24) is 15.3 Å². The van der Waals surface area contributed by atoms with E-state index in [1.165, 1.54) is 7.11 Å². The van der Waals surface area contributed by atoms with Crippen LogP contribution in [0.3, 0.4) is 0 Å². The molecule has 7 nitrogen and oxygen atoms in total. The van der Waals surface area contributed by atoms with Gasteiger partial charge in [-0.3, -0.25) is 0 Å². The predicted molar refractivity (Wildman–Crippen MR) is 119 cm³/mol. The summed E-state index contributed by atoms with van der Waals surface area (Å²) in [6.45, 7) is 3.49. The van der Waals surface area contributed by atoms with Crippen LogP contribution in [0.15, 0.2) is 42.5 Å². The minimum absolute atomic E-state index is 0. The van der Waals surface area contributed by atoms with Crippen molar-refractivity contribution in [3.05, 3.63) is 48.0 Å². The number of nitrogens with one attached hydrogen (secondary N) is 1. The van der Waals surface area contributed by atoms with E-state index in [1.54, 1.807) is 12.1 Å². The van der Waals surface area contributed by atoms with Crippen LogP contribution >= 0.6 is 12.4 Å². The Kier molecular flexibility index (Phi) is 6.62. The fourth-order valence-electron chi connectivity index (χ4n) is 3.76. The van der Waals surface area contributed by atoms with Crippen molar-refractivity contribution in [3.8, 4) is 17.1 Å². The van der Waals surface area contributed by atoms with Crippen molar-refractivity contribution in [1.29, 1.82) is 0 Å². The normalized spacial score (nSPS) is 16.1. The van der Waals surface area contributed by atoms with Gasteiger partial charge in [0.25, 0.3) is 0 Å². The molecule has 0 radical (unpaired) electrons. The molecule has 158 valence electrons. The van der Waals surface area contributed by atoms with Gasteiger partial charge in [-0.25, -0.2) is 14.8 Å². The molecule has 30 heavy (non-hydrogen) atoms. The van der Waals surface area contributed by atoms with E-state index in [1.807, 2.05) is 37.3 Å². The van der Waals surface area contributed by atoms with E-state index in [2.05, 4.69) is 10.2 Å². The van der Waals surface area contributed by atoms with Crippen LogP contribution in [0, 0.1) is 6.92 Å². The van der Waals surface area contributed by atoms with Gasteiger partial charge < -0.3 is 20.1 Å². The van der Waals surface area contributed by atoms with Crippen LogP contribution in [-0.4, -0.2) is 47.4 Å². The van der Waals surface area contributed by atoms with Gasteiger partial charge in [-0.2, -0.15) is 0 Å². The molecule has 2 N–H and O–H groups in total. The van der Waals surface area contributed by atoms with Crippen molar-refractivity contribution < 1.29 is 14.6 Å². The number of phenols is 1. The SMILES string of the molecule is COC(=O)N[C@@H]1CCCN(c2nc(-c3ccccc3O)nc3cc(C)ccc23)C1.Cl. The second kappa shape index (κ2) is 9.17. The molecule has 1 aliphatic rings. The summed E-state index contributed by atoms with van der Waals surface area (Å²) >= 11 is 0. The molecular weight excluding hydrogens is 404 g/mol. The van der Waals surface area contributed by atoms with Crippen LogP contribution in [0.2, 0.25) is 0 Å². The number of amides is 1. The first kappa shape index (κ1) is 21.6. The van der Waals surface area contributed by atoms with Crippen LogP contribution in [0.1, 0.15) is 18.4 Å². The van der Waals surface area contributed by atoms with E-state index in [0.717, 1.165) is 41.7 Å². The number of anilines is 1. The Morgan fingerprint density at radius 1 is 1.23 bits per heavy atom. The average Bonchev–Trinajstić information content (AvgIpc) is 2.73. The summed E-state index contributed by atoms with van der Waals surface area (Å²) in [5, 5.41) is 14.2. The smallest absolute Gasteiger partial charge is 0.407 e. The highest BCUT2D eigenvalue weighted by molar-refractivity contribution is 5.92. The molecular formula is C22H25ClN4O3. The van der Waals surface area contributed by atoms with E-state index < -0.39 is 6.09 Å². The number of phenolic OH excluding ortho intramolecular Hbond substituents is 1. The molecule has 0 spiro atoms. The third-order valence-electron chi connectivity index (χ3n) is 5.21. The first-order valence-electron chi connectivity index (χ1n) is 9.71. The van der Waals surface area contributed by atoms with Gasteiger partial charge in [0, 0.05) is 24.5 Å². The van der Waals surface area contributed by atoms with E-state index in [4.69, 9.17) is 14.7 Å². The van der Waals surface area contributed by atoms with Crippen molar-refractivity contribution in [3.63, 3.8) is 0 Å². The quantitative estimate of drug-likeness (QED) is 0.654. The number of alkyl carbamates (subject to hydrolysis) is 1. The average molecular weight is 429 g/mol. The van der Waals surface area contributed by atoms with Crippen LogP contribution < -0.4 is 10.2 Å². The molecule has 1 amide bonds. The zero-order valence-corrected chi connectivity index (χ0v) is 17.8. The molecule has 1 aromatic heterocycles. The molecule has 1 aliphatic heterocycles. The summed E-state index contributed by atoms with van der Waals surface area (Å²) in [5.74, 6) is 1.44. The Morgan fingerprint density at radius 2 is 2.03 bits per heavy atom.